The van der Waals surface area contributed by atoms with Crippen molar-refractivity contribution >= 4 is 10.0 Å². The van der Waals surface area contributed by atoms with Gasteiger partial charge in [-0.3, -0.25) is 0 Å². The third-order valence-electron chi connectivity index (χ3n) is 2.81. The summed E-state index contributed by atoms with van der Waals surface area (Å²) in [6, 6.07) is 5.60. The molecule has 0 saturated heterocycles. The van der Waals surface area contributed by atoms with Crippen molar-refractivity contribution in [2.75, 3.05) is 7.05 Å². The molecule has 0 bridgehead atoms. The van der Waals surface area contributed by atoms with Crippen molar-refractivity contribution in [1.29, 1.82) is 0 Å². The quantitative estimate of drug-likeness (QED) is 0.905. The van der Waals surface area contributed by atoms with Gasteiger partial charge in [0.05, 0.1) is 11.4 Å². The Labute approximate surface area is 112 Å². The predicted molar refractivity (Wildman–Crippen MR) is 70.0 cm³/mol. The fourth-order valence-corrected chi connectivity index (χ4v) is 2.82. The molecule has 19 heavy (non-hydrogen) atoms. The Kier molecular flexibility index (Phi) is 3.59. The van der Waals surface area contributed by atoms with Crippen LogP contribution in [0.4, 0.5) is 0 Å². The zero-order valence-corrected chi connectivity index (χ0v) is 11.5. The van der Waals surface area contributed by atoms with E-state index < -0.39 is 10.0 Å². The Morgan fingerprint density at radius 1 is 1.42 bits per heavy atom. The van der Waals surface area contributed by atoms with Crippen LogP contribution in [0.15, 0.2) is 41.6 Å². The van der Waals surface area contributed by atoms with E-state index in [2.05, 4.69) is 4.98 Å². The van der Waals surface area contributed by atoms with Gasteiger partial charge < -0.3 is 9.67 Å². The number of hydrogen-bond donors (Lipinski definition) is 1. The number of hydrogen-bond acceptors (Lipinski definition) is 4. The Hall–Kier alpha value is -1.86. The van der Waals surface area contributed by atoms with E-state index in [0.29, 0.717) is 5.82 Å². The summed E-state index contributed by atoms with van der Waals surface area (Å²) in [5, 5.41) is 9.36. The molecule has 1 heterocycles. The first-order valence-corrected chi connectivity index (χ1v) is 7.07. The van der Waals surface area contributed by atoms with Crippen LogP contribution in [0, 0.1) is 0 Å². The van der Waals surface area contributed by atoms with Gasteiger partial charge in [0, 0.05) is 26.5 Å². The van der Waals surface area contributed by atoms with Crippen molar-refractivity contribution in [2.24, 2.45) is 7.05 Å². The number of sulfonamides is 1. The minimum Gasteiger partial charge on any atom is -0.508 e. The minimum absolute atomic E-state index is 0.0595. The lowest BCUT2D eigenvalue weighted by atomic mass is 10.3. The fourth-order valence-electron chi connectivity index (χ4n) is 1.66. The third-order valence-corrected chi connectivity index (χ3v) is 4.61. The summed E-state index contributed by atoms with van der Waals surface area (Å²) in [5.41, 5.74) is 0. The zero-order valence-electron chi connectivity index (χ0n) is 10.7. The SMILES string of the molecule is CN(Cc1nccn1C)S(=O)(=O)c1cccc(O)c1. The summed E-state index contributed by atoms with van der Waals surface area (Å²) in [5.74, 6) is 0.567. The van der Waals surface area contributed by atoms with Gasteiger partial charge in [0.25, 0.3) is 0 Å². The van der Waals surface area contributed by atoms with E-state index in [1.54, 1.807) is 24.0 Å². The van der Waals surface area contributed by atoms with Crippen LogP contribution in [0.25, 0.3) is 0 Å². The lowest BCUT2D eigenvalue weighted by Gasteiger charge is -2.17. The van der Waals surface area contributed by atoms with Crippen LogP contribution in [0.2, 0.25) is 0 Å². The Morgan fingerprint density at radius 3 is 2.74 bits per heavy atom. The molecule has 6 nitrogen and oxygen atoms in total. The van der Waals surface area contributed by atoms with Crippen molar-refractivity contribution in [1.82, 2.24) is 13.9 Å². The lowest BCUT2D eigenvalue weighted by molar-refractivity contribution is 0.448. The topological polar surface area (TPSA) is 75.4 Å². The van der Waals surface area contributed by atoms with Crippen LogP contribution < -0.4 is 0 Å². The molecule has 0 aliphatic carbocycles. The summed E-state index contributed by atoms with van der Waals surface area (Å²) in [6.07, 6.45) is 3.37. The molecule has 2 aromatic rings. The van der Waals surface area contributed by atoms with Gasteiger partial charge in [-0.25, -0.2) is 13.4 Å². The van der Waals surface area contributed by atoms with Gasteiger partial charge in [0.1, 0.15) is 11.6 Å². The van der Waals surface area contributed by atoms with Gasteiger partial charge in [-0.15, -0.1) is 0 Å². The number of aromatic hydroxyl groups is 1. The fraction of sp³-hybridized carbons (Fsp3) is 0.250. The molecule has 7 heteroatoms. The maximum Gasteiger partial charge on any atom is 0.243 e. The van der Waals surface area contributed by atoms with Crippen molar-refractivity contribution in [3.8, 4) is 5.75 Å². The van der Waals surface area contributed by atoms with E-state index in [1.165, 1.54) is 35.6 Å². The van der Waals surface area contributed by atoms with Gasteiger partial charge in [-0.1, -0.05) is 6.07 Å². The number of imidazole rings is 1. The van der Waals surface area contributed by atoms with Gasteiger partial charge >= 0.3 is 0 Å². The highest BCUT2D eigenvalue weighted by Gasteiger charge is 2.22. The van der Waals surface area contributed by atoms with Crippen LogP contribution in [-0.2, 0) is 23.6 Å². The first-order chi connectivity index (χ1) is 8.91. The van der Waals surface area contributed by atoms with Crippen LogP contribution in [-0.4, -0.2) is 34.4 Å². The molecule has 0 aliphatic rings. The monoisotopic (exact) mass is 281 g/mol. The van der Waals surface area contributed by atoms with E-state index in [9.17, 15) is 13.5 Å². The van der Waals surface area contributed by atoms with E-state index >= 15 is 0 Å². The molecule has 0 atom stereocenters. The molecule has 1 N–H and O–H groups in total. The maximum absolute atomic E-state index is 12.3. The Bertz CT molecular complexity index is 679. The lowest BCUT2D eigenvalue weighted by Crippen LogP contribution is -2.27. The molecule has 0 saturated carbocycles. The second kappa shape index (κ2) is 5.02. The Morgan fingerprint density at radius 2 is 2.16 bits per heavy atom. The Balaban J connectivity index is 2.27. The van der Waals surface area contributed by atoms with E-state index in [1.807, 2.05) is 0 Å². The van der Waals surface area contributed by atoms with Crippen molar-refractivity contribution in [2.45, 2.75) is 11.4 Å². The second-order valence-corrected chi connectivity index (χ2v) is 6.26. The highest BCUT2D eigenvalue weighted by molar-refractivity contribution is 7.89. The van der Waals surface area contributed by atoms with Gasteiger partial charge in [-0.2, -0.15) is 4.31 Å². The number of phenolic OH excluding ortho intramolecular Hbond substituents is 1. The van der Waals surface area contributed by atoms with Crippen LogP contribution in [0.5, 0.6) is 5.75 Å². The summed E-state index contributed by atoms with van der Waals surface area (Å²) in [6.45, 7) is 0.168. The molecule has 0 unspecified atom stereocenters. The summed E-state index contributed by atoms with van der Waals surface area (Å²) < 4.78 is 27.6. The van der Waals surface area contributed by atoms with E-state index in [0.717, 1.165) is 0 Å². The average Bonchev–Trinajstić information content (AvgIpc) is 2.75. The van der Waals surface area contributed by atoms with Crippen molar-refractivity contribution < 1.29 is 13.5 Å². The molecule has 1 aromatic carbocycles. The number of phenols is 1. The van der Waals surface area contributed by atoms with E-state index in [-0.39, 0.29) is 17.2 Å². The molecule has 0 amide bonds. The molecular formula is C12H15N3O3S. The molecule has 0 radical (unpaired) electrons. The van der Waals surface area contributed by atoms with Crippen LogP contribution >= 0.6 is 0 Å². The molecule has 0 spiro atoms. The van der Waals surface area contributed by atoms with Gasteiger partial charge in [-0.05, 0) is 18.2 Å². The zero-order chi connectivity index (χ0) is 14.0. The van der Waals surface area contributed by atoms with Gasteiger partial charge in [0.15, 0.2) is 0 Å². The third kappa shape index (κ3) is 2.77. The highest BCUT2D eigenvalue weighted by atomic mass is 32.2. The van der Waals surface area contributed by atoms with Crippen LogP contribution in [0.3, 0.4) is 0 Å². The minimum atomic E-state index is -3.63. The average molecular weight is 281 g/mol. The molecular weight excluding hydrogens is 266 g/mol. The highest BCUT2D eigenvalue weighted by Crippen LogP contribution is 2.20. The second-order valence-electron chi connectivity index (χ2n) is 4.21. The first kappa shape index (κ1) is 13.6. The van der Waals surface area contributed by atoms with Crippen LogP contribution in [0.1, 0.15) is 5.82 Å². The molecule has 2 rings (SSSR count). The molecule has 1 aromatic heterocycles. The standard InChI is InChI=1S/C12H15N3O3S/c1-14-7-6-13-12(14)9-15(2)19(17,18)11-5-3-4-10(16)8-11/h3-8,16H,9H2,1-2H3. The molecule has 0 fully saturated rings. The molecule has 0 aliphatic heterocycles. The number of rotatable bonds is 4. The maximum atomic E-state index is 12.3. The number of aryl methyl sites for hydroxylation is 1. The van der Waals surface area contributed by atoms with Crippen molar-refractivity contribution in [3.63, 3.8) is 0 Å². The van der Waals surface area contributed by atoms with Crippen molar-refractivity contribution in [3.05, 3.63) is 42.5 Å². The largest absolute Gasteiger partial charge is 0.508 e. The summed E-state index contributed by atoms with van der Waals surface area (Å²) >= 11 is 0. The normalized spacial score (nSPS) is 11.9. The number of nitrogens with zero attached hydrogens (tertiary/aromatic N) is 3. The number of benzene rings is 1. The predicted octanol–water partition coefficient (Wildman–Crippen LogP) is 0.946. The van der Waals surface area contributed by atoms with E-state index in [4.69, 9.17) is 0 Å². The summed E-state index contributed by atoms with van der Waals surface area (Å²) in [7, 11) is -0.351. The molecule has 102 valence electrons. The van der Waals surface area contributed by atoms with Gasteiger partial charge in [0.2, 0.25) is 10.0 Å². The first-order valence-electron chi connectivity index (χ1n) is 5.63. The smallest absolute Gasteiger partial charge is 0.243 e. The summed E-state index contributed by atoms with van der Waals surface area (Å²) in [4.78, 5) is 4.15. The number of aromatic nitrogens is 2.